The van der Waals surface area contributed by atoms with Crippen LogP contribution in [-0.4, -0.2) is 19.5 Å². The predicted molar refractivity (Wildman–Crippen MR) is 60.3 cm³/mol. The van der Waals surface area contributed by atoms with E-state index < -0.39 is 0 Å². The molecule has 0 amide bonds. The van der Waals surface area contributed by atoms with Gasteiger partial charge in [-0.3, -0.25) is 4.42 Å². The highest BCUT2D eigenvalue weighted by molar-refractivity contribution is 6.07. The number of hydrogen-bond acceptors (Lipinski definition) is 1. The smallest absolute Gasteiger partial charge is 0.353 e. The van der Waals surface area contributed by atoms with E-state index in [2.05, 4.69) is 6.58 Å². The second kappa shape index (κ2) is 7.13. The zero-order valence-electron chi connectivity index (χ0n) is 9.46. The third-order valence-corrected chi connectivity index (χ3v) is 1.57. The molecule has 0 N–H and O–H groups in total. The van der Waals surface area contributed by atoms with Crippen molar-refractivity contribution < 1.29 is 9.16 Å². The molecule has 1 aliphatic carbocycles. The molecule has 2 heteroatoms. The highest BCUT2D eigenvalue weighted by Crippen LogP contribution is 2.11. The summed E-state index contributed by atoms with van der Waals surface area (Å²) < 4.78 is 10.4. The molecule has 0 unspecified atom stereocenters. The first kappa shape index (κ1) is 12.7. The lowest BCUT2D eigenvalue weighted by molar-refractivity contribution is -0.450. The maximum Gasteiger partial charge on any atom is 0.353 e. The molecule has 0 spiro atoms. The van der Waals surface area contributed by atoms with Gasteiger partial charge in [-0.15, -0.1) is 0 Å². The summed E-state index contributed by atoms with van der Waals surface area (Å²) in [4.78, 5) is 0. The maximum atomic E-state index is 5.34. The molecule has 14 heavy (non-hydrogen) atoms. The first-order chi connectivity index (χ1) is 6.77. The largest absolute Gasteiger partial charge is 0.496 e. The van der Waals surface area contributed by atoms with Crippen molar-refractivity contribution in [3.8, 4) is 0 Å². The molecule has 0 heterocycles. The van der Waals surface area contributed by atoms with Crippen LogP contribution < -0.4 is 0 Å². The van der Waals surface area contributed by atoms with Gasteiger partial charge in [0.25, 0.3) is 6.61 Å². The Bertz CT molecular complexity index is 270. The number of ketones is 1. The molecule has 0 atom stereocenters. The molecule has 78 valence electrons. The molecular formula is C12H19O2+. The van der Waals surface area contributed by atoms with Crippen molar-refractivity contribution in [2.24, 2.45) is 0 Å². The average Bonchev–Trinajstić information content (AvgIpc) is 2.24. The minimum Gasteiger partial charge on any atom is -0.496 e. The summed E-state index contributed by atoms with van der Waals surface area (Å²) >= 11 is 0. The lowest BCUT2D eigenvalue weighted by atomic mass is 10.1. The van der Waals surface area contributed by atoms with Gasteiger partial charge in [-0.2, -0.15) is 0 Å². The summed E-state index contributed by atoms with van der Waals surface area (Å²) in [6, 6.07) is 0. The number of allylic oxidation sites excluding steroid dienone is 4. The topological polar surface area (TPSA) is 20.5 Å². The minimum atomic E-state index is 0.648. The fourth-order valence-corrected chi connectivity index (χ4v) is 0.952. The Labute approximate surface area is 86.3 Å². The van der Waals surface area contributed by atoms with Gasteiger partial charge in [0.2, 0.25) is 0 Å². The number of ether oxygens (including phenoxy) is 1. The van der Waals surface area contributed by atoms with Gasteiger partial charge in [-0.25, -0.2) is 0 Å². The van der Waals surface area contributed by atoms with E-state index in [1.54, 1.807) is 7.11 Å². The number of carbonyl (C=O) groups excluding carboxylic acids is 1. The molecule has 1 aliphatic rings. The first-order valence-electron chi connectivity index (χ1n) is 4.90. The van der Waals surface area contributed by atoms with E-state index in [0.717, 1.165) is 17.1 Å². The molecule has 0 aliphatic heterocycles. The van der Waals surface area contributed by atoms with E-state index in [9.17, 15) is 0 Å². The van der Waals surface area contributed by atoms with Crippen molar-refractivity contribution in [2.45, 2.75) is 20.8 Å². The van der Waals surface area contributed by atoms with Crippen molar-refractivity contribution >= 4 is 5.78 Å². The molecular weight excluding hydrogens is 176 g/mol. The summed E-state index contributed by atoms with van der Waals surface area (Å²) in [5.74, 6) is 1.59. The van der Waals surface area contributed by atoms with Crippen LogP contribution in [0.15, 0.2) is 36.1 Å². The average molecular weight is 195 g/mol. The monoisotopic (exact) mass is 195 g/mol. The maximum absolute atomic E-state index is 5.34. The van der Waals surface area contributed by atoms with Crippen molar-refractivity contribution in [3.63, 3.8) is 0 Å². The Kier molecular flexibility index (Phi) is 6.46. The second-order valence-corrected chi connectivity index (χ2v) is 2.41. The third-order valence-electron chi connectivity index (χ3n) is 1.57. The van der Waals surface area contributed by atoms with E-state index in [0.29, 0.717) is 6.61 Å². The van der Waals surface area contributed by atoms with E-state index >= 15 is 0 Å². The molecule has 0 radical (unpaired) electrons. The fourth-order valence-electron chi connectivity index (χ4n) is 0.952. The summed E-state index contributed by atoms with van der Waals surface area (Å²) in [6.45, 7) is 10.4. The van der Waals surface area contributed by atoms with Crippen LogP contribution in [0.4, 0.5) is 0 Å². The van der Waals surface area contributed by atoms with E-state index in [-0.39, 0.29) is 0 Å². The molecule has 2 nitrogen and oxygen atoms in total. The van der Waals surface area contributed by atoms with Crippen LogP contribution in [0.2, 0.25) is 0 Å². The second-order valence-electron chi connectivity index (χ2n) is 2.41. The first-order valence-corrected chi connectivity index (χ1v) is 4.90. The van der Waals surface area contributed by atoms with Gasteiger partial charge in [0.15, 0.2) is 0 Å². The highest BCUT2D eigenvalue weighted by atomic mass is 16.5. The summed E-state index contributed by atoms with van der Waals surface area (Å²) in [6.07, 6.45) is 5.58. The van der Waals surface area contributed by atoms with Gasteiger partial charge in [0.1, 0.15) is 5.76 Å². The lowest BCUT2D eigenvalue weighted by Gasteiger charge is -2.02. The summed E-state index contributed by atoms with van der Waals surface area (Å²) in [7, 11) is 1.63. The minimum absolute atomic E-state index is 0.648. The van der Waals surface area contributed by atoms with Crippen LogP contribution in [0.25, 0.3) is 0 Å². The van der Waals surface area contributed by atoms with E-state index in [1.807, 2.05) is 39.0 Å². The van der Waals surface area contributed by atoms with Crippen LogP contribution in [0.5, 0.6) is 0 Å². The van der Waals surface area contributed by atoms with Crippen molar-refractivity contribution in [2.75, 3.05) is 13.7 Å². The van der Waals surface area contributed by atoms with Gasteiger partial charge < -0.3 is 4.74 Å². The van der Waals surface area contributed by atoms with Crippen LogP contribution in [0, 0.1) is 0 Å². The zero-order valence-corrected chi connectivity index (χ0v) is 9.46. The Morgan fingerprint density at radius 3 is 2.50 bits per heavy atom. The van der Waals surface area contributed by atoms with E-state index in [4.69, 9.17) is 9.16 Å². The molecule has 0 saturated carbocycles. The highest BCUT2D eigenvalue weighted by Gasteiger charge is 2.16. The Morgan fingerprint density at radius 2 is 2.00 bits per heavy atom. The lowest BCUT2D eigenvalue weighted by Crippen LogP contribution is -2.06. The van der Waals surface area contributed by atoms with Crippen LogP contribution in [-0.2, 0) is 9.16 Å². The number of hydrogen-bond donors (Lipinski definition) is 0. The quantitative estimate of drug-likeness (QED) is 0.490. The van der Waals surface area contributed by atoms with Crippen molar-refractivity contribution in [3.05, 3.63) is 36.1 Å². The van der Waals surface area contributed by atoms with Gasteiger partial charge in [0.05, 0.1) is 18.8 Å². The Morgan fingerprint density at radius 1 is 1.36 bits per heavy atom. The molecule has 1 rings (SSSR count). The number of rotatable bonds is 2. The number of methoxy groups -OCH3 is 1. The molecule has 0 fully saturated rings. The van der Waals surface area contributed by atoms with Gasteiger partial charge in [-0.1, -0.05) is 20.4 Å². The molecule has 0 bridgehead atoms. The van der Waals surface area contributed by atoms with Crippen molar-refractivity contribution in [1.82, 2.24) is 0 Å². The summed E-state index contributed by atoms with van der Waals surface area (Å²) in [5, 5.41) is 0. The van der Waals surface area contributed by atoms with E-state index in [1.165, 1.54) is 0 Å². The summed E-state index contributed by atoms with van der Waals surface area (Å²) in [5.41, 5.74) is 0.887. The predicted octanol–water partition coefficient (Wildman–Crippen LogP) is 2.79. The van der Waals surface area contributed by atoms with Gasteiger partial charge >= 0.3 is 5.78 Å². The fraction of sp³-hybridized carbons (Fsp3) is 0.417. The van der Waals surface area contributed by atoms with Crippen LogP contribution in [0.1, 0.15) is 20.8 Å². The third kappa shape index (κ3) is 3.60. The zero-order chi connectivity index (χ0) is 11.0. The van der Waals surface area contributed by atoms with Crippen LogP contribution >= 0.6 is 0 Å². The van der Waals surface area contributed by atoms with Gasteiger partial charge in [0, 0.05) is 6.92 Å². The van der Waals surface area contributed by atoms with Gasteiger partial charge in [-0.05, 0) is 12.2 Å². The Hall–Kier alpha value is -1.31. The molecule has 0 aromatic heterocycles. The molecule has 0 saturated heterocycles. The van der Waals surface area contributed by atoms with Crippen molar-refractivity contribution in [1.29, 1.82) is 0 Å². The molecule has 0 aromatic carbocycles. The molecule has 0 aromatic rings. The standard InChI is InChI=1S/C10H13O2.C2H6/c1-4-12-10-7-9(11-3)6-5-8(10)2;1-2/h5-7H,2,4H2,1,3H3;1-2H3/q+1;. The Balaban J connectivity index is 0.000000791. The normalized spacial score (nSPS) is 17.3. The van der Waals surface area contributed by atoms with Crippen LogP contribution in [0.3, 0.4) is 0 Å². The SMILES string of the molecule is C=C1C=CC(OC)=CC1=[O+]CC.CC.